The Labute approximate surface area is 127 Å². The lowest BCUT2D eigenvalue weighted by Gasteiger charge is -2.22. The van der Waals surface area contributed by atoms with Gasteiger partial charge in [-0.1, -0.05) is 30.3 Å². The highest BCUT2D eigenvalue weighted by atomic mass is 79.9. The van der Waals surface area contributed by atoms with Crippen molar-refractivity contribution in [1.82, 2.24) is 14.8 Å². The summed E-state index contributed by atoms with van der Waals surface area (Å²) in [6.45, 7) is 4.63. The Kier molecular flexibility index (Phi) is 4.45. The number of hydrogen-bond donors (Lipinski definition) is 1. The molecular weight excluding hydrogens is 320 g/mol. The quantitative estimate of drug-likeness (QED) is 0.909. The molecular formula is C14H19BrN4O. The molecule has 1 aromatic carbocycles. The van der Waals surface area contributed by atoms with Crippen molar-refractivity contribution >= 4 is 21.9 Å². The van der Waals surface area contributed by atoms with Crippen LogP contribution in [-0.2, 0) is 13.1 Å². The molecule has 0 radical (unpaired) electrons. The van der Waals surface area contributed by atoms with Gasteiger partial charge < -0.3 is 10.0 Å². The van der Waals surface area contributed by atoms with E-state index in [0.717, 1.165) is 12.5 Å². The summed E-state index contributed by atoms with van der Waals surface area (Å²) < 4.78 is 2.24. The fourth-order valence-corrected chi connectivity index (χ4v) is 2.34. The molecule has 0 fully saturated rings. The molecule has 0 bridgehead atoms. The van der Waals surface area contributed by atoms with Crippen molar-refractivity contribution < 1.29 is 5.11 Å². The van der Waals surface area contributed by atoms with Gasteiger partial charge in [-0.2, -0.15) is 4.98 Å². The third kappa shape index (κ3) is 4.05. The van der Waals surface area contributed by atoms with E-state index in [-0.39, 0.29) is 0 Å². The standard InChI is InChI=1S/C14H19BrN4O/c1-14(2,20)10-19-13(16-12(15)17-19)18(3)9-11-7-5-4-6-8-11/h4-8,20H,9-10H2,1-3H3. The molecule has 1 heterocycles. The SMILES string of the molecule is CN(Cc1ccccc1)c1nc(Br)nn1CC(C)(C)O. The number of aromatic nitrogens is 3. The Morgan fingerprint density at radius 2 is 1.95 bits per heavy atom. The molecule has 0 aliphatic rings. The molecule has 0 saturated heterocycles. The summed E-state index contributed by atoms with van der Waals surface area (Å²) in [5.41, 5.74) is 0.360. The maximum absolute atomic E-state index is 9.95. The van der Waals surface area contributed by atoms with Crippen LogP contribution in [0.25, 0.3) is 0 Å². The van der Waals surface area contributed by atoms with Gasteiger partial charge >= 0.3 is 0 Å². The lowest BCUT2D eigenvalue weighted by molar-refractivity contribution is 0.0580. The average molecular weight is 339 g/mol. The predicted molar refractivity (Wildman–Crippen MR) is 82.6 cm³/mol. The molecule has 2 aromatic rings. The molecule has 0 amide bonds. The molecule has 0 unspecified atom stereocenters. The van der Waals surface area contributed by atoms with Crippen LogP contribution in [0.5, 0.6) is 0 Å². The third-order valence-corrected chi connectivity index (χ3v) is 3.10. The topological polar surface area (TPSA) is 54.2 Å². The van der Waals surface area contributed by atoms with Crippen molar-refractivity contribution in [3.8, 4) is 0 Å². The first-order chi connectivity index (χ1) is 9.35. The zero-order chi connectivity index (χ0) is 14.8. The molecule has 0 atom stereocenters. The number of aliphatic hydroxyl groups is 1. The number of halogens is 1. The van der Waals surface area contributed by atoms with Gasteiger partial charge in [-0.25, -0.2) is 4.68 Å². The highest BCUT2D eigenvalue weighted by molar-refractivity contribution is 9.10. The Balaban J connectivity index is 2.19. The second-order valence-corrected chi connectivity index (χ2v) is 6.20. The van der Waals surface area contributed by atoms with Crippen LogP contribution in [0.2, 0.25) is 0 Å². The van der Waals surface area contributed by atoms with Gasteiger partial charge in [0.1, 0.15) is 0 Å². The van der Waals surface area contributed by atoms with Crippen molar-refractivity contribution in [3.63, 3.8) is 0 Å². The van der Waals surface area contributed by atoms with Crippen LogP contribution in [0.15, 0.2) is 35.1 Å². The molecule has 0 aliphatic carbocycles. The molecule has 108 valence electrons. The summed E-state index contributed by atoms with van der Waals surface area (Å²) >= 11 is 3.29. The molecule has 0 spiro atoms. The number of benzene rings is 1. The third-order valence-electron chi connectivity index (χ3n) is 2.77. The van der Waals surface area contributed by atoms with Gasteiger partial charge in [0.25, 0.3) is 0 Å². The fraction of sp³-hybridized carbons (Fsp3) is 0.429. The molecule has 1 aromatic heterocycles. The molecule has 5 nitrogen and oxygen atoms in total. The maximum atomic E-state index is 9.95. The van der Waals surface area contributed by atoms with Crippen LogP contribution in [0.3, 0.4) is 0 Å². The van der Waals surface area contributed by atoms with E-state index in [9.17, 15) is 5.11 Å². The Morgan fingerprint density at radius 1 is 1.30 bits per heavy atom. The van der Waals surface area contributed by atoms with E-state index in [1.807, 2.05) is 30.1 Å². The number of nitrogens with zero attached hydrogens (tertiary/aromatic N) is 4. The van der Waals surface area contributed by atoms with Gasteiger partial charge in [-0.05, 0) is 35.3 Å². The lowest BCUT2D eigenvalue weighted by atomic mass is 10.1. The summed E-state index contributed by atoms with van der Waals surface area (Å²) in [6.07, 6.45) is 0. The number of hydrogen-bond acceptors (Lipinski definition) is 4. The summed E-state index contributed by atoms with van der Waals surface area (Å²) in [5.74, 6) is 0.725. The minimum Gasteiger partial charge on any atom is -0.389 e. The van der Waals surface area contributed by atoms with E-state index in [4.69, 9.17) is 0 Å². The first-order valence-corrected chi connectivity index (χ1v) is 7.22. The summed E-state index contributed by atoms with van der Waals surface area (Å²) in [4.78, 5) is 6.39. The minimum absolute atomic E-state index is 0.389. The molecule has 2 rings (SSSR count). The first kappa shape index (κ1) is 15.0. The van der Waals surface area contributed by atoms with Crippen LogP contribution >= 0.6 is 15.9 Å². The van der Waals surface area contributed by atoms with E-state index in [0.29, 0.717) is 11.3 Å². The lowest BCUT2D eigenvalue weighted by Crippen LogP contribution is -2.30. The average Bonchev–Trinajstić information content (AvgIpc) is 2.69. The second-order valence-electron chi connectivity index (χ2n) is 5.49. The minimum atomic E-state index is -0.838. The van der Waals surface area contributed by atoms with Crippen LogP contribution in [0, 0.1) is 0 Å². The van der Waals surface area contributed by atoms with E-state index in [1.54, 1.807) is 18.5 Å². The van der Waals surface area contributed by atoms with E-state index >= 15 is 0 Å². The largest absolute Gasteiger partial charge is 0.389 e. The normalized spacial score (nSPS) is 11.7. The van der Waals surface area contributed by atoms with E-state index in [2.05, 4.69) is 38.1 Å². The smallest absolute Gasteiger partial charge is 0.224 e. The summed E-state index contributed by atoms with van der Waals surface area (Å²) in [5, 5.41) is 14.2. The Hall–Kier alpha value is -1.40. The monoisotopic (exact) mass is 338 g/mol. The van der Waals surface area contributed by atoms with Crippen molar-refractivity contribution in [2.45, 2.75) is 32.5 Å². The highest BCUT2D eigenvalue weighted by Gasteiger charge is 2.20. The van der Waals surface area contributed by atoms with Gasteiger partial charge in [0.15, 0.2) is 0 Å². The van der Waals surface area contributed by atoms with Crippen molar-refractivity contribution in [3.05, 3.63) is 40.6 Å². The van der Waals surface area contributed by atoms with Gasteiger partial charge in [0.2, 0.25) is 10.7 Å². The number of rotatable bonds is 5. The van der Waals surface area contributed by atoms with Gasteiger partial charge in [0.05, 0.1) is 12.1 Å². The van der Waals surface area contributed by atoms with Crippen LogP contribution in [0.4, 0.5) is 5.95 Å². The first-order valence-electron chi connectivity index (χ1n) is 6.43. The maximum Gasteiger partial charge on any atom is 0.224 e. The molecule has 0 aliphatic heterocycles. The van der Waals surface area contributed by atoms with Crippen LogP contribution < -0.4 is 4.90 Å². The Bertz CT molecular complexity index is 562. The van der Waals surface area contributed by atoms with Crippen LogP contribution in [-0.4, -0.2) is 32.5 Å². The predicted octanol–water partition coefficient (Wildman–Crippen LogP) is 2.45. The summed E-state index contributed by atoms with van der Waals surface area (Å²) in [6, 6.07) is 10.2. The van der Waals surface area contributed by atoms with Crippen molar-refractivity contribution in [2.24, 2.45) is 0 Å². The zero-order valence-electron chi connectivity index (χ0n) is 11.9. The summed E-state index contributed by atoms with van der Waals surface area (Å²) in [7, 11) is 1.96. The van der Waals surface area contributed by atoms with Crippen molar-refractivity contribution in [1.29, 1.82) is 0 Å². The molecule has 0 saturated carbocycles. The van der Waals surface area contributed by atoms with Crippen molar-refractivity contribution in [2.75, 3.05) is 11.9 Å². The molecule has 1 N–H and O–H groups in total. The Morgan fingerprint density at radius 3 is 2.55 bits per heavy atom. The zero-order valence-corrected chi connectivity index (χ0v) is 13.5. The van der Waals surface area contributed by atoms with E-state index < -0.39 is 5.60 Å². The molecule has 20 heavy (non-hydrogen) atoms. The second kappa shape index (κ2) is 5.93. The van der Waals surface area contributed by atoms with Crippen LogP contribution in [0.1, 0.15) is 19.4 Å². The van der Waals surface area contributed by atoms with Gasteiger partial charge in [-0.3, -0.25) is 0 Å². The fourth-order valence-electron chi connectivity index (χ4n) is 1.99. The molecule has 6 heteroatoms. The number of anilines is 1. The van der Waals surface area contributed by atoms with Gasteiger partial charge in [0, 0.05) is 13.6 Å². The van der Waals surface area contributed by atoms with E-state index in [1.165, 1.54) is 5.56 Å². The highest BCUT2D eigenvalue weighted by Crippen LogP contribution is 2.18. The van der Waals surface area contributed by atoms with Gasteiger partial charge in [-0.15, -0.1) is 5.10 Å².